The van der Waals surface area contributed by atoms with Gasteiger partial charge in [0.05, 0.1) is 0 Å². The number of aromatic nitrogens is 3. The first kappa shape index (κ1) is 11.8. The van der Waals surface area contributed by atoms with Crippen LogP contribution in [0.2, 0.25) is 0 Å². The number of rotatable bonds is 3. The Labute approximate surface area is 107 Å². The molecule has 1 unspecified atom stereocenters. The van der Waals surface area contributed by atoms with E-state index in [0.717, 1.165) is 4.47 Å². The highest BCUT2D eigenvalue weighted by Gasteiger charge is 2.15. The fraction of sp³-hybridized carbons (Fsp3) is 0.182. The van der Waals surface area contributed by atoms with Crippen LogP contribution in [0, 0.1) is 0 Å². The van der Waals surface area contributed by atoms with E-state index in [2.05, 4.69) is 31.3 Å². The summed E-state index contributed by atoms with van der Waals surface area (Å²) < 4.78 is 2.46. The van der Waals surface area contributed by atoms with Gasteiger partial charge in [0.15, 0.2) is 0 Å². The van der Waals surface area contributed by atoms with Gasteiger partial charge >= 0.3 is 0 Å². The molecule has 0 saturated heterocycles. The van der Waals surface area contributed by atoms with Gasteiger partial charge in [-0.2, -0.15) is 5.10 Å². The van der Waals surface area contributed by atoms with Crippen LogP contribution in [-0.4, -0.2) is 20.7 Å². The summed E-state index contributed by atoms with van der Waals surface area (Å²) in [5.41, 5.74) is 0. The smallest absolute Gasteiger partial charge is 0.250 e. The molecule has 0 saturated carbocycles. The number of amides is 1. The van der Waals surface area contributed by atoms with Crippen molar-refractivity contribution in [2.45, 2.75) is 13.0 Å². The summed E-state index contributed by atoms with van der Waals surface area (Å²) in [5, 5.41) is 6.75. The molecule has 0 radical (unpaired) electrons. The van der Waals surface area contributed by atoms with E-state index < -0.39 is 0 Å². The van der Waals surface area contributed by atoms with Crippen LogP contribution in [0.4, 0.5) is 5.82 Å². The predicted molar refractivity (Wildman–Crippen MR) is 67.5 cm³/mol. The summed E-state index contributed by atoms with van der Waals surface area (Å²) in [6.07, 6.45) is 5.02. The van der Waals surface area contributed by atoms with Crippen molar-refractivity contribution in [3.63, 3.8) is 0 Å². The lowest BCUT2D eigenvalue weighted by atomic mass is 10.3. The second-order valence-corrected chi connectivity index (χ2v) is 4.43. The van der Waals surface area contributed by atoms with E-state index in [4.69, 9.17) is 0 Å². The largest absolute Gasteiger partial charge is 0.309 e. The van der Waals surface area contributed by atoms with Gasteiger partial charge in [-0.1, -0.05) is 0 Å². The molecule has 2 heterocycles. The molecule has 2 aromatic rings. The van der Waals surface area contributed by atoms with E-state index in [9.17, 15) is 4.79 Å². The quantitative estimate of drug-likeness (QED) is 0.944. The van der Waals surface area contributed by atoms with Crippen molar-refractivity contribution in [3.05, 3.63) is 41.3 Å². The number of nitrogens with zero attached hydrogens (tertiary/aromatic N) is 3. The highest BCUT2D eigenvalue weighted by molar-refractivity contribution is 9.10. The lowest BCUT2D eigenvalue weighted by Crippen LogP contribution is -2.24. The maximum absolute atomic E-state index is 11.9. The monoisotopic (exact) mass is 294 g/mol. The van der Waals surface area contributed by atoms with Crippen molar-refractivity contribution >= 4 is 27.7 Å². The summed E-state index contributed by atoms with van der Waals surface area (Å²) in [6, 6.07) is 4.97. The Bertz CT molecular complexity index is 495. The van der Waals surface area contributed by atoms with Crippen LogP contribution in [0.1, 0.15) is 13.0 Å². The zero-order valence-corrected chi connectivity index (χ0v) is 10.8. The molecular weight excluding hydrogens is 284 g/mol. The van der Waals surface area contributed by atoms with Crippen LogP contribution in [0.25, 0.3) is 0 Å². The fourth-order valence-corrected chi connectivity index (χ4v) is 1.54. The number of nitrogens with one attached hydrogen (secondary N) is 1. The minimum atomic E-state index is -0.365. The van der Waals surface area contributed by atoms with Gasteiger partial charge in [-0.05, 0) is 41.1 Å². The number of anilines is 1. The topological polar surface area (TPSA) is 59.8 Å². The first-order valence-electron chi connectivity index (χ1n) is 5.08. The van der Waals surface area contributed by atoms with Crippen LogP contribution < -0.4 is 5.32 Å². The molecule has 17 heavy (non-hydrogen) atoms. The second kappa shape index (κ2) is 5.09. The molecule has 2 rings (SSSR count). The molecule has 6 heteroatoms. The Morgan fingerprint density at radius 1 is 1.53 bits per heavy atom. The van der Waals surface area contributed by atoms with Crippen molar-refractivity contribution in [2.24, 2.45) is 0 Å². The molecule has 2 aromatic heterocycles. The molecule has 0 fully saturated rings. The number of carbonyl (C=O) groups is 1. The molecule has 0 spiro atoms. The van der Waals surface area contributed by atoms with Gasteiger partial charge < -0.3 is 5.32 Å². The molecule has 1 amide bonds. The molecule has 0 aliphatic heterocycles. The normalized spacial score (nSPS) is 12.1. The minimum absolute atomic E-state index is 0.150. The van der Waals surface area contributed by atoms with E-state index in [0.29, 0.717) is 5.82 Å². The van der Waals surface area contributed by atoms with Gasteiger partial charge in [0.1, 0.15) is 11.9 Å². The molecule has 0 aliphatic rings. The van der Waals surface area contributed by atoms with Gasteiger partial charge in [0.25, 0.3) is 0 Å². The van der Waals surface area contributed by atoms with E-state index in [-0.39, 0.29) is 11.9 Å². The molecular formula is C11H11BrN4O. The maximum Gasteiger partial charge on any atom is 0.250 e. The van der Waals surface area contributed by atoms with Crippen molar-refractivity contribution in [1.82, 2.24) is 14.8 Å². The number of pyridine rings is 1. The van der Waals surface area contributed by atoms with Crippen LogP contribution >= 0.6 is 15.9 Å². The van der Waals surface area contributed by atoms with E-state index in [1.807, 2.05) is 6.07 Å². The molecule has 88 valence electrons. The van der Waals surface area contributed by atoms with Gasteiger partial charge in [0, 0.05) is 23.1 Å². The third kappa shape index (κ3) is 2.91. The van der Waals surface area contributed by atoms with E-state index in [1.54, 1.807) is 42.3 Å². The van der Waals surface area contributed by atoms with Crippen molar-refractivity contribution in [3.8, 4) is 0 Å². The first-order chi connectivity index (χ1) is 8.16. The van der Waals surface area contributed by atoms with Gasteiger partial charge in [-0.3, -0.25) is 9.48 Å². The van der Waals surface area contributed by atoms with Crippen LogP contribution in [0.5, 0.6) is 0 Å². The summed E-state index contributed by atoms with van der Waals surface area (Å²) in [7, 11) is 0. The number of hydrogen-bond acceptors (Lipinski definition) is 3. The Hall–Kier alpha value is -1.69. The standard InChI is InChI=1S/C11H11BrN4O/c1-8(16-6-2-5-14-16)11(17)15-10-4-3-9(12)7-13-10/h2-8H,1H3,(H,13,15,17). The van der Waals surface area contributed by atoms with Gasteiger partial charge in [-0.25, -0.2) is 4.98 Å². The third-order valence-electron chi connectivity index (χ3n) is 2.28. The predicted octanol–water partition coefficient (Wildman–Crippen LogP) is 2.24. The summed E-state index contributed by atoms with van der Waals surface area (Å²) in [6.45, 7) is 1.78. The summed E-state index contributed by atoms with van der Waals surface area (Å²) in [5.74, 6) is 0.376. The summed E-state index contributed by atoms with van der Waals surface area (Å²) >= 11 is 3.28. The highest BCUT2D eigenvalue weighted by atomic mass is 79.9. The molecule has 1 N–H and O–H groups in total. The average Bonchev–Trinajstić information content (AvgIpc) is 2.84. The Morgan fingerprint density at radius 2 is 2.35 bits per heavy atom. The van der Waals surface area contributed by atoms with E-state index >= 15 is 0 Å². The molecule has 5 nitrogen and oxygen atoms in total. The minimum Gasteiger partial charge on any atom is -0.309 e. The van der Waals surface area contributed by atoms with E-state index in [1.165, 1.54) is 0 Å². The highest BCUT2D eigenvalue weighted by Crippen LogP contribution is 2.12. The lowest BCUT2D eigenvalue weighted by Gasteiger charge is -2.11. The Kier molecular flexibility index (Phi) is 3.53. The zero-order valence-electron chi connectivity index (χ0n) is 9.17. The Balaban J connectivity index is 2.04. The lowest BCUT2D eigenvalue weighted by molar-refractivity contribution is -0.119. The van der Waals surface area contributed by atoms with Crippen LogP contribution in [0.15, 0.2) is 41.3 Å². The van der Waals surface area contributed by atoms with Crippen molar-refractivity contribution in [2.75, 3.05) is 5.32 Å². The first-order valence-corrected chi connectivity index (χ1v) is 5.87. The third-order valence-corrected chi connectivity index (χ3v) is 2.75. The van der Waals surface area contributed by atoms with Gasteiger partial charge in [0.2, 0.25) is 5.91 Å². The second-order valence-electron chi connectivity index (χ2n) is 3.51. The van der Waals surface area contributed by atoms with Crippen molar-refractivity contribution in [1.29, 1.82) is 0 Å². The maximum atomic E-state index is 11.9. The van der Waals surface area contributed by atoms with Crippen LogP contribution in [-0.2, 0) is 4.79 Å². The molecule has 0 aliphatic carbocycles. The SMILES string of the molecule is CC(C(=O)Nc1ccc(Br)cn1)n1cccn1. The van der Waals surface area contributed by atoms with Crippen LogP contribution in [0.3, 0.4) is 0 Å². The van der Waals surface area contributed by atoms with Crippen molar-refractivity contribution < 1.29 is 4.79 Å². The number of halogens is 1. The molecule has 0 aromatic carbocycles. The summed E-state index contributed by atoms with van der Waals surface area (Å²) in [4.78, 5) is 15.9. The van der Waals surface area contributed by atoms with Gasteiger partial charge in [-0.15, -0.1) is 0 Å². The molecule has 0 bridgehead atoms. The molecule has 1 atom stereocenters. The average molecular weight is 295 g/mol. The zero-order chi connectivity index (χ0) is 12.3. The number of carbonyl (C=O) groups excluding carboxylic acids is 1. The fourth-order valence-electron chi connectivity index (χ4n) is 1.31. The Morgan fingerprint density at radius 3 is 2.94 bits per heavy atom. The number of hydrogen-bond donors (Lipinski definition) is 1.